The van der Waals surface area contributed by atoms with E-state index < -0.39 is 45.9 Å². The van der Waals surface area contributed by atoms with Crippen molar-refractivity contribution in [3.63, 3.8) is 0 Å². The number of carbonyl (C=O) groups excluding carboxylic acids is 3. The fraction of sp³-hybridized carbons (Fsp3) is 0.421. The van der Waals surface area contributed by atoms with E-state index in [0.717, 1.165) is 9.87 Å². The van der Waals surface area contributed by atoms with E-state index in [1.807, 2.05) is 64.1 Å². The molecule has 0 aliphatic carbocycles. The topological polar surface area (TPSA) is 169 Å². The SMILES string of the molecule is CC(C)C[C@H](NC(=O)c1cc(C#N)cc(N(C)S(=O)(=O)Cc2ccccc2)c1)[C@@H](O)C[C@@H](C)C(=O)N[C@H](C(=O)NCc1ccccc1)C(C)C. The predicted molar refractivity (Wildman–Crippen MR) is 194 cm³/mol. The Bertz CT molecular complexity index is 1740. The summed E-state index contributed by atoms with van der Waals surface area (Å²) in [5, 5.41) is 29.6. The van der Waals surface area contributed by atoms with Gasteiger partial charge in [0.15, 0.2) is 0 Å². The van der Waals surface area contributed by atoms with E-state index in [4.69, 9.17) is 0 Å². The van der Waals surface area contributed by atoms with Crippen molar-refractivity contribution in [2.45, 2.75) is 77.9 Å². The molecule has 3 amide bonds. The number of hydrogen-bond donors (Lipinski definition) is 4. The van der Waals surface area contributed by atoms with Gasteiger partial charge in [-0.05, 0) is 54.0 Å². The molecule has 0 radical (unpaired) electrons. The quantitative estimate of drug-likeness (QED) is 0.160. The van der Waals surface area contributed by atoms with Gasteiger partial charge in [-0.25, -0.2) is 8.42 Å². The third-order valence-electron chi connectivity index (χ3n) is 8.39. The molecule has 12 heteroatoms. The minimum Gasteiger partial charge on any atom is -0.391 e. The van der Waals surface area contributed by atoms with Crippen molar-refractivity contribution in [1.82, 2.24) is 16.0 Å². The second-order valence-corrected chi connectivity index (χ2v) is 15.4. The maximum Gasteiger partial charge on any atom is 0.251 e. The van der Waals surface area contributed by atoms with Gasteiger partial charge in [-0.2, -0.15) is 5.26 Å². The molecule has 4 atom stereocenters. The highest BCUT2D eigenvalue weighted by Crippen LogP contribution is 2.24. The molecule has 0 saturated heterocycles. The van der Waals surface area contributed by atoms with Crippen LogP contribution in [0.25, 0.3) is 0 Å². The van der Waals surface area contributed by atoms with Crippen LogP contribution in [-0.4, -0.2) is 56.5 Å². The normalized spacial score (nSPS) is 13.8. The van der Waals surface area contributed by atoms with Crippen molar-refractivity contribution in [1.29, 1.82) is 5.26 Å². The largest absolute Gasteiger partial charge is 0.391 e. The smallest absolute Gasteiger partial charge is 0.251 e. The Morgan fingerprint density at radius 2 is 1.44 bits per heavy atom. The fourth-order valence-electron chi connectivity index (χ4n) is 5.46. The molecule has 0 fully saturated rings. The molecule has 4 N–H and O–H groups in total. The molecule has 0 spiro atoms. The standard InChI is InChI=1S/C38H49N5O6S/c1-25(2)17-33(34(44)18-27(5)36(45)42-35(26(3)4)38(47)40-23-28-13-9-7-10-14-28)41-37(46)31-19-30(22-39)20-32(21-31)43(6)50(48,49)24-29-15-11-8-12-16-29/h7-16,19-21,25-27,33-35,44H,17-18,23-24H2,1-6H3,(H,40,47)(H,41,46)(H,42,45)/t27-,33+,34+,35+/m1/s1. The van der Waals surface area contributed by atoms with E-state index in [-0.39, 0.29) is 46.7 Å². The molecule has 0 aliphatic rings. The Balaban J connectivity index is 1.71. The van der Waals surface area contributed by atoms with Gasteiger partial charge in [0.05, 0.1) is 35.2 Å². The first kappa shape index (κ1) is 39.7. The summed E-state index contributed by atoms with van der Waals surface area (Å²) in [7, 11) is -2.49. The lowest BCUT2D eigenvalue weighted by atomic mass is 9.91. The Kier molecular flexibility index (Phi) is 14.5. The average molecular weight is 704 g/mol. The Morgan fingerprint density at radius 1 is 0.840 bits per heavy atom. The maximum atomic E-state index is 13.6. The summed E-state index contributed by atoms with van der Waals surface area (Å²) in [4.78, 5) is 39.8. The number of carbonyl (C=O) groups is 3. The van der Waals surface area contributed by atoms with Gasteiger partial charge in [-0.15, -0.1) is 0 Å². The average Bonchev–Trinajstić information content (AvgIpc) is 3.08. The Hall–Kier alpha value is -4.73. The van der Waals surface area contributed by atoms with Crippen LogP contribution in [0.2, 0.25) is 0 Å². The molecule has 3 aromatic rings. The number of nitrogens with zero attached hydrogens (tertiary/aromatic N) is 2. The van der Waals surface area contributed by atoms with Crippen LogP contribution in [0.5, 0.6) is 0 Å². The van der Waals surface area contributed by atoms with Crippen LogP contribution in [0, 0.1) is 29.1 Å². The minimum absolute atomic E-state index is 0.00387. The second-order valence-electron chi connectivity index (χ2n) is 13.4. The van der Waals surface area contributed by atoms with Gasteiger partial charge in [0.1, 0.15) is 6.04 Å². The summed E-state index contributed by atoms with van der Waals surface area (Å²) in [6, 6.07) is 22.7. The lowest BCUT2D eigenvalue weighted by Crippen LogP contribution is -2.51. The first-order chi connectivity index (χ1) is 23.6. The zero-order chi connectivity index (χ0) is 37.0. The summed E-state index contributed by atoms with van der Waals surface area (Å²) < 4.78 is 27.5. The monoisotopic (exact) mass is 703 g/mol. The number of amides is 3. The highest BCUT2D eigenvalue weighted by Gasteiger charge is 2.30. The molecule has 11 nitrogen and oxygen atoms in total. The van der Waals surface area contributed by atoms with Crippen molar-refractivity contribution in [3.05, 3.63) is 101 Å². The first-order valence-corrected chi connectivity index (χ1v) is 18.4. The van der Waals surface area contributed by atoms with Gasteiger partial charge in [0.25, 0.3) is 5.91 Å². The molecule has 0 heterocycles. The van der Waals surface area contributed by atoms with E-state index in [9.17, 15) is 33.2 Å². The molecule has 0 bridgehead atoms. The van der Waals surface area contributed by atoms with Crippen molar-refractivity contribution in [3.8, 4) is 6.07 Å². The van der Waals surface area contributed by atoms with Gasteiger partial charge in [0.2, 0.25) is 21.8 Å². The molecule has 3 rings (SSSR count). The zero-order valence-electron chi connectivity index (χ0n) is 29.6. The van der Waals surface area contributed by atoms with Crippen LogP contribution in [-0.2, 0) is 31.9 Å². The Labute approximate surface area is 296 Å². The number of hydrogen-bond acceptors (Lipinski definition) is 7. The number of anilines is 1. The molecule has 268 valence electrons. The van der Waals surface area contributed by atoms with Crippen LogP contribution in [0.4, 0.5) is 5.69 Å². The first-order valence-electron chi connectivity index (χ1n) is 16.8. The van der Waals surface area contributed by atoms with Crippen LogP contribution in [0.1, 0.15) is 74.5 Å². The van der Waals surface area contributed by atoms with Crippen molar-refractivity contribution in [2.75, 3.05) is 11.4 Å². The third kappa shape index (κ3) is 11.7. The molecule has 3 aromatic carbocycles. The van der Waals surface area contributed by atoms with Gasteiger partial charge in [-0.1, -0.05) is 95.3 Å². The Morgan fingerprint density at radius 3 is 2.00 bits per heavy atom. The van der Waals surface area contributed by atoms with Gasteiger partial charge in [0, 0.05) is 25.1 Å². The van der Waals surface area contributed by atoms with Crippen LogP contribution < -0.4 is 20.3 Å². The lowest BCUT2D eigenvalue weighted by molar-refractivity contribution is -0.132. The number of nitriles is 1. The summed E-state index contributed by atoms with van der Waals surface area (Å²) in [6.45, 7) is 9.52. The van der Waals surface area contributed by atoms with Gasteiger partial charge < -0.3 is 21.1 Å². The third-order valence-corrected chi connectivity index (χ3v) is 10.1. The predicted octanol–water partition coefficient (Wildman–Crippen LogP) is 4.51. The molecule has 0 aliphatic heterocycles. The number of aliphatic hydroxyl groups excluding tert-OH is 1. The van der Waals surface area contributed by atoms with Gasteiger partial charge >= 0.3 is 0 Å². The second kappa shape index (κ2) is 18.3. The molecular weight excluding hydrogens is 655 g/mol. The van der Waals surface area contributed by atoms with Crippen molar-refractivity contribution >= 4 is 33.4 Å². The number of rotatable bonds is 17. The van der Waals surface area contributed by atoms with E-state index in [1.54, 1.807) is 37.3 Å². The van der Waals surface area contributed by atoms with E-state index in [2.05, 4.69) is 16.0 Å². The molecular formula is C38H49N5O6S. The van der Waals surface area contributed by atoms with Crippen molar-refractivity contribution < 1.29 is 27.9 Å². The van der Waals surface area contributed by atoms with Crippen LogP contribution in [0.3, 0.4) is 0 Å². The van der Waals surface area contributed by atoms with Crippen LogP contribution >= 0.6 is 0 Å². The summed E-state index contributed by atoms with van der Waals surface area (Å²) in [6.07, 6.45) is -0.739. The van der Waals surface area contributed by atoms with E-state index in [0.29, 0.717) is 18.5 Å². The van der Waals surface area contributed by atoms with E-state index >= 15 is 0 Å². The highest BCUT2D eigenvalue weighted by molar-refractivity contribution is 7.92. The lowest BCUT2D eigenvalue weighted by Gasteiger charge is -2.29. The number of benzene rings is 3. The molecule has 50 heavy (non-hydrogen) atoms. The van der Waals surface area contributed by atoms with Crippen molar-refractivity contribution in [2.24, 2.45) is 17.8 Å². The summed E-state index contributed by atoms with van der Waals surface area (Å²) >= 11 is 0. The number of nitrogens with one attached hydrogen (secondary N) is 3. The molecule has 0 aromatic heterocycles. The van der Waals surface area contributed by atoms with E-state index in [1.165, 1.54) is 25.2 Å². The van der Waals surface area contributed by atoms with Gasteiger partial charge in [-0.3, -0.25) is 18.7 Å². The molecule has 0 unspecified atom stereocenters. The zero-order valence-corrected chi connectivity index (χ0v) is 30.4. The number of sulfonamides is 1. The van der Waals surface area contributed by atoms with Crippen LogP contribution in [0.15, 0.2) is 78.9 Å². The molecule has 0 saturated carbocycles. The fourth-order valence-corrected chi connectivity index (χ4v) is 6.70. The summed E-state index contributed by atoms with van der Waals surface area (Å²) in [5.41, 5.74) is 1.80. The number of aliphatic hydroxyl groups is 1. The maximum absolute atomic E-state index is 13.6. The highest BCUT2D eigenvalue weighted by atomic mass is 32.2. The summed E-state index contributed by atoms with van der Waals surface area (Å²) in [5.74, 6) is -2.42. The minimum atomic E-state index is -3.85.